The first kappa shape index (κ1) is 13.6. The third-order valence-electron chi connectivity index (χ3n) is 3.28. The van der Waals surface area contributed by atoms with E-state index in [0.717, 1.165) is 26.1 Å². The van der Waals surface area contributed by atoms with E-state index in [1.807, 2.05) is 20.8 Å². The molecule has 5 heteroatoms. The average molecular weight is 256 g/mol. The second-order valence-corrected chi connectivity index (χ2v) is 6.32. The molecule has 2 atom stereocenters. The van der Waals surface area contributed by atoms with Crippen molar-refractivity contribution in [1.29, 1.82) is 0 Å². The van der Waals surface area contributed by atoms with Gasteiger partial charge < -0.3 is 20.1 Å². The fourth-order valence-corrected chi connectivity index (χ4v) is 2.66. The molecule has 2 saturated heterocycles. The van der Waals surface area contributed by atoms with Crippen LogP contribution in [0.4, 0.5) is 4.79 Å². The van der Waals surface area contributed by atoms with Crippen LogP contribution in [0.1, 0.15) is 33.6 Å². The Kier molecular flexibility index (Phi) is 4.12. The van der Waals surface area contributed by atoms with Crippen molar-refractivity contribution in [3.05, 3.63) is 0 Å². The molecule has 2 unspecified atom stereocenters. The summed E-state index contributed by atoms with van der Waals surface area (Å²) in [7, 11) is 0. The quantitative estimate of drug-likeness (QED) is 0.781. The molecule has 2 aliphatic rings. The Labute approximate surface area is 109 Å². The van der Waals surface area contributed by atoms with Crippen molar-refractivity contribution in [3.8, 4) is 0 Å². The van der Waals surface area contributed by atoms with Crippen LogP contribution in [-0.4, -0.2) is 43.5 Å². The second-order valence-electron chi connectivity index (χ2n) is 6.32. The SMILES string of the molecule is CC(C)(C)OC(=O)NCC1CC2COCC(C1)N2. The van der Waals surface area contributed by atoms with Gasteiger partial charge in [-0.05, 0) is 39.5 Å². The molecule has 2 fully saturated rings. The van der Waals surface area contributed by atoms with E-state index in [1.54, 1.807) is 0 Å². The molecule has 0 aromatic heterocycles. The number of amides is 1. The minimum absolute atomic E-state index is 0.317. The van der Waals surface area contributed by atoms with Gasteiger partial charge in [0.15, 0.2) is 0 Å². The fourth-order valence-electron chi connectivity index (χ4n) is 2.66. The maximum Gasteiger partial charge on any atom is 0.407 e. The molecule has 0 aliphatic carbocycles. The number of nitrogens with one attached hydrogen (secondary N) is 2. The molecular weight excluding hydrogens is 232 g/mol. The second kappa shape index (κ2) is 5.45. The number of morpholine rings is 1. The smallest absolute Gasteiger partial charge is 0.407 e. The van der Waals surface area contributed by atoms with E-state index in [1.165, 1.54) is 0 Å². The molecule has 2 heterocycles. The summed E-state index contributed by atoms with van der Waals surface area (Å²) in [6.07, 6.45) is 1.81. The van der Waals surface area contributed by atoms with Crippen LogP contribution in [0.3, 0.4) is 0 Å². The highest BCUT2D eigenvalue weighted by atomic mass is 16.6. The Bertz CT molecular complexity index is 289. The van der Waals surface area contributed by atoms with Crippen LogP contribution in [0.2, 0.25) is 0 Å². The molecule has 2 N–H and O–H groups in total. The molecule has 0 spiro atoms. The summed E-state index contributed by atoms with van der Waals surface area (Å²) >= 11 is 0. The Hall–Kier alpha value is -0.810. The van der Waals surface area contributed by atoms with Gasteiger partial charge in [0.05, 0.1) is 13.2 Å². The zero-order chi connectivity index (χ0) is 13.2. The topological polar surface area (TPSA) is 59.6 Å². The molecule has 104 valence electrons. The summed E-state index contributed by atoms with van der Waals surface area (Å²) < 4.78 is 10.7. The number of ether oxygens (including phenoxy) is 2. The van der Waals surface area contributed by atoms with Gasteiger partial charge in [0.2, 0.25) is 0 Å². The molecule has 0 aromatic rings. The van der Waals surface area contributed by atoms with Gasteiger partial charge in [0.1, 0.15) is 5.60 Å². The summed E-state index contributed by atoms with van der Waals surface area (Å²) in [4.78, 5) is 11.6. The molecule has 2 bridgehead atoms. The summed E-state index contributed by atoms with van der Waals surface area (Å²) in [5.41, 5.74) is -0.428. The minimum atomic E-state index is -0.428. The molecule has 5 nitrogen and oxygen atoms in total. The van der Waals surface area contributed by atoms with E-state index in [-0.39, 0.29) is 6.09 Å². The lowest BCUT2D eigenvalue weighted by Gasteiger charge is -2.40. The van der Waals surface area contributed by atoms with E-state index in [9.17, 15) is 4.79 Å². The van der Waals surface area contributed by atoms with Crippen LogP contribution < -0.4 is 10.6 Å². The number of piperidine rings is 1. The Morgan fingerprint density at radius 2 is 1.94 bits per heavy atom. The van der Waals surface area contributed by atoms with Crippen LogP contribution >= 0.6 is 0 Å². The Morgan fingerprint density at radius 1 is 1.33 bits per heavy atom. The first-order valence-electron chi connectivity index (χ1n) is 6.73. The Morgan fingerprint density at radius 3 is 2.50 bits per heavy atom. The summed E-state index contributed by atoms with van der Waals surface area (Å²) in [6, 6.07) is 0.894. The molecule has 2 aliphatic heterocycles. The zero-order valence-electron chi connectivity index (χ0n) is 11.5. The maximum atomic E-state index is 11.6. The molecule has 2 rings (SSSR count). The van der Waals surface area contributed by atoms with E-state index in [4.69, 9.17) is 9.47 Å². The van der Waals surface area contributed by atoms with Crippen molar-refractivity contribution in [2.45, 2.75) is 51.3 Å². The normalized spacial score (nSPS) is 31.8. The van der Waals surface area contributed by atoms with Gasteiger partial charge in [-0.1, -0.05) is 0 Å². The Balaban J connectivity index is 1.72. The zero-order valence-corrected chi connectivity index (χ0v) is 11.5. The molecule has 1 amide bonds. The third kappa shape index (κ3) is 4.14. The van der Waals surface area contributed by atoms with E-state index < -0.39 is 5.60 Å². The van der Waals surface area contributed by atoms with Crippen LogP contribution in [0.25, 0.3) is 0 Å². The van der Waals surface area contributed by atoms with Crippen molar-refractivity contribution < 1.29 is 14.3 Å². The van der Waals surface area contributed by atoms with Gasteiger partial charge in [-0.15, -0.1) is 0 Å². The lowest BCUT2D eigenvalue weighted by molar-refractivity contribution is 0.00705. The first-order valence-corrected chi connectivity index (χ1v) is 6.73. The number of alkyl carbamates (subject to hydrolysis) is 1. The highest BCUT2D eigenvalue weighted by Gasteiger charge is 2.32. The van der Waals surface area contributed by atoms with Crippen LogP contribution in [0.5, 0.6) is 0 Å². The number of hydrogen-bond acceptors (Lipinski definition) is 4. The highest BCUT2D eigenvalue weighted by Crippen LogP contribution is 2.23. The van der Waals surface area contributed by atoms with Gasteiger partial charge in [0, 0.05) is 18.6 Å². The van der Waals surface area contributed by atoms with Crippen molar-refractivity contribution in [3.63, 3.8) is 0 Å². The number of rotatable bonds is 2. The summed E-state index contributed by atoms with van der Waals surface area (Å²) in [5, 5.41) is 6.41. The average Bonchev–Trinajstić information content (AvgIpc) is 2.23. The highest BCUT2D eigenvalue weighted by molar-refractivity contribution is 5.67. The first-order chi connectivity index (χ1) is 8.42. The molecule has 0 radical (unpaired) electrons. The van der Waals surface area contributed by atoms with Crippen molar-refractivity contribution in [2.24, 2.45) is 5.92 Å². The van der Waals surface area contributed by atoms with Crippen molar-refractivity contribution in [2.75, 3.05) is 19.8 Å². The molecular formula is C13H24N2O3. The number of carbonyl (C=O) groups is 1. The third-order valence-corrected chi connectivity index (χ3v) is 3.28. The lowest BCUT2D eigenvalue weighted by atomic mass is 9.87. The molecule has 0 saturated carbocycles. The number of carbonyl (C=O) groups excluding carboxylic acids is 1. The van der Waals surface area contributed by atoms with Crippen LogP contribution in [-0.2, 0) is 9.47 Å². The fraction of sp³-hybridized carbons (Fsp3) is 0.923. The van der Waals surface area contributed by atoms with Crippen LogP contribution in [0, 0.1) is 5.92 Å². The van der Waals surface area contributed by atoms with E-state index in [0.29, 0.717) is 24.5 Å². The largest absolute Gasteiger partial charge is 0.444 e. The maximum absolute atomic E-state index is 11.6. The lowest BCUT2D eigenvalue weighted by Crippen LogP contribution is -2.55. The number of hydrogen-bond donors (Lipinski definition) is 2. The van der Waals surface area contributed by atoms with E-state index in [2.05, 4.69) is 10.6 Å². The van der Waals surface area contributed by atoms with Crippen molar-refractivity contribution in [1.82, 2.24) is 10.6 Å². The van der Waals surface area contributed by atoms with E-state index >= 15 is 0 Å². The van der Waals surface area contributed by atoms with Gasteiger partial charge in [-0.25, -0.2) is 4.79 Å². The van der Waals surface area contributed by atoms with Crippen molar-refractivity contribution >= 4 is 6.09 Å². The predicted molar refractivity (Wildman–Crippen MR) is 68.5 cm³/mol. The standard InChI is InChI=1S/C13H24N2O3/c1-13(2,3)18-12(16)14-6-9-4-10-7-17-8-11(5-9)15-10/h9-11,15H,4-8H2,1-3H3,(H,14,16). The summed E-state index contributed by atoms with van der Waals surface area (Å²) in [6.45, 7) is 7.90. The van der Waals surface area contributed by atoms with Gasteiger partial charge in [0.25, 0.3) is 0 Å². The summed E-state index contributed by atoms with van der Waals surface area (Å²) in [5.74, 6) is 0.526. The minimum Gasteiger partial charge on any atom is -0.444 e. The molecule has 0 aromatic carbocycles. The van der Waals surface area contributed by atoms with Gasteiger partial charge >= 0.3 is 6.09 Å². The van der Waals surface area contributed by atoms with Gasteiger partial charge in [-0.3, -0.25) is 0 Å². The molecule has 18 heavy (non-hydrogen) atoms. The predicted octanol–water partition coefficient (Wildman–Crippen LogP) is 1.28. The number of fused-ring (bicyclic) bond motifs is 2. The monoisotopic (exact) mass is 256 g/mol. The van der Waals surface area contributed by atoms with Gasteiger partial charge in [-0.2, -0.15) is 0 Å². The van der Waals surface area contributed by atoms with Crippen LogP contribution in [0.15, 0.2) is 0 Å².